The zero-order valence-corrected chi connectivity index (χ0v) is 16.7. The monoisotopic (exact) mass is 382 g/mol. The molecule has 0 unspecified atom stereocenters. The van der Waals surface area contributed by atoms with E-state index in [1.807, 2.05) is 12.1 Å². The number of nitrogens with zero attached hydrogens (tertiary/aromatic N) is 2. The Kier molecular flexibility index (Phi) is 7.85. The molecule has 0 aliphatic carbocycles. The van der Waals surface area contributed by atoms with Gasteiger partial charge in [0.1, 0.15) is 5.82 Å². The summed E-state index contributed by atoms with van der Waals surface area (Å²) >= 11 is 0. The van der Waals surface area contributed by atoms with Gasteiger partial charge in [-0.05, 0) is 49.4 Å². The molecular weight excluding hydrogens is 351 g/mol. The summed E-state index contributed by atoms with van der Waals surface area (Å²) < 4.78 is 13.0. The van der Waals surface area contributed by atoms with Gasteiger partial charge in [0.05, 0.1) is 0 Å². The summed E-state index contributed by atoms with van der Waals surface area (Å²) in [5, 5.41) is 6.93. The van der Waals surface area contributed by atoms with Gasteiger partial charge in [-0.2, -0.15) is 0 Å². The van der Waals surface area contributed by atoms with Crippen molar-refractivity contribution < 1.29 is 4.39 Å². The predicted octanol–water partition coefficient (Wildman–Crippen LogP) is 3.59. The third kappa shape index (κ3) is 6.64. The molecule has 1 fully saturated rings. The summed E-state index contributed by atoms with van der Waals surface area (Å²) in [4.78, 5) is 7.22. The van der Waals surface area contributed by atoms with E-state index in [0.29, 0.717) is 12.6 Å². The quantitative estimate of drug-likeness (QED) is 0.568. The van der Waals surface area contributed by atoms with Crippen LogP contribution in [0.2, 0.25) is 0 Å². The molecule has 1 heterocycles. The third-order valence-corrected chi connectivity index (χ3v) is 5.11. The van der Waals surface area contributed by atoms with Gasteiger partial charge < -0.3 is 10.6 Å². The molecule has 28 heavy (non-hydrogen) atoms. The van der Waals surface area contributed by atoms with Crippen LogP contribution in [-0.2, 0) is 13.0 Å². The minimum atomic E-state index is -0.194. The Balaban J connectivity index is 1.44. The van der Waals surface area contributed by atoms with Gasteiger partial charge in [-0.15, -0.1) is 0 Å². The van der Waals surface area contributed by atoms with E-state index in [1.165, 1.54) is 17.7 Å². The summed E-state index contributed by atoms with van der Waals surface area (Å²) in [7, 11) is 0. The number of guanidine groups is 1. The highest BCUT2D eigenvalue weighted by atomic mass is 19.1. The van der Waals surface area contributed by atoms with Gasteiger partial charge in [0, 0.05) is 38.8 Å². The fraction of sp³-hybridized carbons (Fsp3) is 0.435. The maximum Gasteiger partial charge on any atom is 0.191 e. The maximum absolute atomic E-state index is 13.0. The van der Waals surface area contributed by atoms with E-state index < -0.39 is 0 Å². The SMILES string of the molecule is CCNC(=NCCc1ccc(F)cc1)NC1CCN(Cc2ccccc2)CC1. The number of benzene rings is 2. The average molecular weight is 383 g/mol. The first kappa shape index (κ1) is 20.3. The number of hydrogen-bond acceptors (Lipinski definition) is 2. The fourth-order valence-electron chi connectivity index (χ4n) is 3.54. The number of nitrogens with one attached hydrogen (secondary N) is 2. The lowest BCUT2D eigenvalue weighted by atomic mass is 10.0. The lowest BCUT2D eigenvalue weighted by molar-refractivity contribution is 0.198. The summed E-state index contributed by atoms with van der Waals surface area (Å²) in [6.45, 7) is 6.84. The van der Waals surface area contributed by atoms with Crippen LogP contribution in [-0.4, -0.2) is 43.1 Å². The van der Waals surface area contributed by atoms with E-state index in [-0.39, 0.29) is 5.82 Å². The smallest absolute Gasteiger partial charge is 0.191 e. The Morgan fingerprint density at radius 3 is 2.43 bits per heavy atom. The zero-order chi connectivity index (χ0) is 19.6. The van der Waals surface area contributed by atoms with E-state index in [9.17, 15) is 4.39 Å². The van der Waals surface area contributed by atoms with Gasteiger partial charge in [0.2, 0.25) is 0 Å². The summed E-state index contributed by atoms with van der Waals surface area (Å²) in [6, 6.07) is 17.8. The molecule has 5 heteroatoms. The molecule has 2 N–H and O–H groups in total. The average Bonchev–Trinajstić information content (AvgIpc) is 2.72. The van der Waals surface area contributed by atoms with Crippen molar-refractivity contribution in [3.05, 3.63) is 71.5 Å². The van der Waals surface area contributed by atoms with Crippen molar-refractivity contribution in [3.8, 4) is 0 Å². The molecule has 2 aromatic carbocycles. The first-order valence-electron chi connectivity index (χ1n) is 10.3. The van der Waals surface area contributed by atoms with Crippen molar-refractivity contribution in [1.82, 2.24) is 15.5 Å². The number of aliphatic imine (C=N–C) groups is 1. The van der Waals surface area contributed by atoms with Gasteiger partial charge in [-0.1, -0.05) is 42.5 Å². The highest BCUT2D eigenvalue weighted by Gasteiger charge is 2.19. The molecule has 1 aliphatic rings. The van der Waals surface area contributed by atoms with Crippen LogP contribution in [0.1, 0.15) is 30.9 Å². The van der Waals surface area contributed by atoms with Crippen molar-refractivity contribution in [3.63, 3.8) is 0 Å². The van der Waals surface area contributed by atoms with Gasteiger partial charge in [0.15, 0.2) is 5.96 Å². The fourth-order valence-corrected chi connectivity index (χ4v) is 3.54. The molecule has 2 aromatic rings. The normalized spacial score (nSPS) is 16.1. The Labute approximate surface area is 167 Å². The van der Waals surface area contributed by atoms with E-state index in [1.54, 1.807) is 0 Å². The second-order valence-electron chi connectivity index (χ2n) is 7.32. The number of likely N-dealkylation sites (tertiary alicyclic amines) is 1. The largest absolute Gasteiger partial charge is 0.357 e. The van der Waals surface area contributed by atoms with Crippen molar-refractivity contribution >= 4 is 5.96 Å². The van der Waals surface area contributed by atoms with Crippen LogP contribution in [0.25, 0.3) is 0 Å². The van der Waals surface area contributed by atoms with Crippen LogP contribution in [0.5, 0.6) is 0 Å². The topological polar surface area (TPSA) is 39.7 Å². The zero-order valence-electron chi connectivity index (χ0n) is 16.7. The Bertz CT molecular complexity index is 722. The van der Waals surface area contributed by atoms with Gasteiger partial charge in [0.25, 0.3) is 0 Å². The Morgan fingerprint density at radius 2 is 1.75 bits per heavy atom. The minimum Gasteiger partial charge on any atom is -0.357 e. The van der Waals surface area contributed by atoms with Crippen molar-refractivity contribution in [2.75, 3.05) is 26.2 Å². The van der Waals surface area contributed by atoms with E-state index >= 15 is 0 Å². The highest BCUT2D eigenvalue weighted by Crippen LogP contribution is 2.14. The molecule has 0 spiro atoms. The standard InChI is InChI=1S/C23H31FN4/c1-2-25-23(26-15-12-19-8-10-21(24)11-9-19)27-22-13-16-28(17-14-22)18-20-6-4-3-5-7-20/h3-11,22H,2,12-18H2,1H3,(H2,25,26,27). The molecule has 1 saturated heterocycles. The van der Waals surface area contributed by atoms with Gasteiger partial charge >= 0.3 is 0 Å². The number of halogens is 1. The van der Waals surface area contributed by atoms with E-state index in [4.69, 9.17) is 4.99 Å². The van der Waals surface area contributed by atoms with Crippen LogP contribution in [0.15, 0.2) is 59.6 Å². The van der Waals surface area contributed by atoms with Crippen LogP contribution in [0.4, 0.5) is 4.39 Å². The number of piperidine rings is 1. The summed E-state index contributed by atoms with van der Waals surface area (Å²) in [6.07, 6.45) is 3.05. The summed E-state index contributed by atoms with van der Waals surface area (Å²) in [5.41, 5.74) is 2.49. The van der Waals surface area contributed by atoms with Crippen LogP contribution in [0.3, 0.4) is 0 Å². The lowest BCUT2D eigenvalue weighted by Crippen LogP contribution is -2.48. The Morgan fingerprint density at radius 1 is 1.04 bits per heavy atom. The Hall–Kier alpha value is -2.40. The molecule has 0 atom stereocenters. The summed E-state index contributed by atoms with van der Waals surface area (Å²) in [5.74, 6) is 0.687. The predicted molar refractivity (Wildman–Crippen MR) is 114 cm³/mol. The van der Waals surface area contributed by atoms with Crippen molar-refractivity contribution in [1.29, 1.82) is 0 Å². The second-order valence-corrected chi connectivity index (χ2v) is 7.32. The van der Waals surface area contributed by atoms with Crippen molar-refractivity contribution in [2.45, 2.75) is 38.8 Å². The maximum atomic E-state index is 13.0. The van der Waals surface area contributed by atoms with Crippen LogP contribution in [0, 0.1) is 5.82 Å². The molecule has 0 aromatic heterocycles. The lowest BCUT2D eigenvalue weighted by Gasteiger charge is -2.33. The third-order valence-electron chi connectivity index (χ3n) is 5.11. The molecule has 0 bridgehead atoms. The number of hydrogen-bond donors (Lipinski definition) is 2. The highest BCUT2D eigenvalue weighted by molar-refractivity contribution is 5.80. The number of rotatable bonds is 7. The molecule has 3 rings (SSSR count). The van der Waals surface area contributed by atoms with E-state index in [0.717, 1.165) is 57.0 Å². The molecule has 0 saturated carbocycles. The molecular formula is C23H31FN4. The molecule has 150 valence electrons. The first-order chi connectivity index (χ1) is 13.7. The molecule has 0 amide bonds. The van der Waals surface area contributed by atoms with E-state index in [2.05, 4.69) is 52.8 Å². The minimum absolute atomic E-state index is 0.194. The van der Waals surface area contributed by atoms with Crippen LogP contribution < -0.4 is 10.6 Å². The molecule has 1 aliphatic heterocycles. The van der Waals surface area contributed by atoms with Gasteiger partial charge in [-0.3, -0.25) is 9.89 Å². The van der Waals surface area contributed by atoms with Gasteiger partial charge in [-0.25, -0.2) is 4.39 Å². The van der Waals surface area contributed by atoms with Crippen LogP contribution >= 0.6 is 0 Å². The van der Waals surface area contributed by atoms with Crippen molar-refractivity contribution in [2.24, 2.45) is 4.99 Å². The first-order valence-corrected chi connectivity index (χ1v) is 10.3. The second kappa shape index (κ2) is 10.8. The molecule has 0 radical (unpaired) electrons. The molecule has 4 nitrogen and oxygen atoms in total.